The largest absolute Gasteiger partial charge is 0.394 e. The van der Waals surface area contributed by atoms with E-state index in [2.05, 4.69) is 5.32 Å². The molecule has 1 aliphatic rings. The second-order valence-electron chi connectivity index (χ2n) is 3.54. The van der Waals surface area contributed by atoms with Crippen LogP contribution in [0.25, 0.3) is 0 Å². The van der Waals surface area contributed by atoms with E-state index in [0.717, 1.165) is 0 Å². The molecule has 1 fully saturated rings. The zero-order chi connectivity index (χ0) is 10.4. The number of aliphatic hydroxyl groups is 1. The first-order chi connectivity index (χ1) is 6.72. The standard InChI is InChI=1S/C10H17NO3/c1-2-3-9(13)11-10(8-12)4-6-14-7-5-10/h2-3,12H,4-8H2,1H3,(H,11,13)/b3-2+. The van der Waals surface area contributed by atoms with E-state index in [0.29, 0.717) is 26.1 Å². The van der Waals surface area contributed by atoms with Crippen molar-refractivity contribution in [3.05, 3.63) is 12.2 Å². The quantitative estimate of drug-likeness (QED) is 0.639. The van der Waals surface area contributed by atoms with E-state index in [9.17, 15) is 9.90 Å². The normalized spacial score (nSPS) is 21.0. The van der Waals surface area contributed by atoms with Gasteiger partial charge in [-0.1, -0.05) is 6.08 Å². The fraction of sp³-hybridized carbons (Fsp3) is 0.700. The lowest BCUT2D eigenvalue weighted by Gasteiger charge is -2.35. The van der Waals surface area contributed by atoms with Crippen LogP contribution in [0.2, 0.25) is 0 Å². The van der Waals surface area contributed by atoms with Crippen LogP contribution < -0.4 is 5.32 Å². The van der Waals surface area contributed by atoms with Gasteiger partial charge in [-0.15, -0.1) is 0 Å². The summed E-state index contributed by atoms with van der Waals surface area (Å²) in [6, 6.07) is 0. The molecule has 1 rings (SSSR count). The first kappa shape index (κ1) is 11.2. The molecule has 0 saturated carbocycles. The average Bonchev–Trinajstić information content (AvgIpc) is 2.19. The molecule has 1 aliphatic heterocycles. The number of carbonyl (C=O) groups is 1. The molecular weight excluding hydrogens is 182 g/mol. The summed E-state index contributed by atoms with van der Waals surface area (Å²) in [5, 5.41) is 12.1. The van der Waals surface area contributed by atoms with Gasteiger partial charge in [-0.3, -0.25) is 4.79 Å². The summed E-state index contributed by atoms with van der Waals surface area (Å²) in [5.74, 6) is -0.150. The lowest BCUT2D eigenvalue weighted by molar-refractivity contribution is -0.120. The second-order valence-corrected chi connectivity index (χ2v) is 3.54. The summed E-state index contributed by atoms with van der Waals surface area (Å²) < 4.78 is 5.19. The maximum Gasteiger partial charge on any atom is 0.244 e. The Hall–Kier alpha value is -0.870. The Morgan fingerprint density at radius 3 is 2.71 bits per heavy atom. The lowest BCUT2D eigenvalue weighted by Crippen LogP contribution is -2.54. The Bertz CT molecular complexity index is 219. The van der Waals surface area contributed by atoms with Crippen molar-refractivity contribution in [2.24, 2.45) is 0 Å². The van der Waals surface area contributed by atoms with Gasteiger partial charge in [0.1, 0.15) is 0 Å². The Kier molecular flexibility index (Phi) is 4.10. The zero-order valence-electron chi connectivity index (χ0n) is 8.45. The van der Waals surface area contributed by atoms with Crippen molar-refractivity contribution < 1.29 is 14.6 Å². The van der Waals surface area contributed by atoms with Crippen LogP contribution in [-0.2, 0) is 9.53 Å². The van der Waals surface area contributed by atoms with Gasteiger partial charge >= 0.3 is 0 Å². The predicted octanol–water partition coefficient (Wildman–Crippen LogP) is 0.220. The number of aliphatic hydroxyl groups excluding tert-OH is 1. The third-order valence-electron chi connectivity index (χ3n) is 2.46. The summed E-state index contributed by atoms with van der Waals surface area (Å²) in [6.45, 7) is 2.95. The smallest absolute Gasteiger partial charge is 0.244 e. The highest BCUT2D eigenvalue weighted by Gasteiger charge is 2.32. The Balaban J connectivity index is 2.55. The van der Waals surface area contributed by atoms with Crippen LogP contribution in [0.1, 0.15) is 19.8 Å². The average molecular weight is 199 g/mol. The van der Waals surface area contributed by atoms with E-state index in [4.69, 9.17) is 4.74 Å². The topological polar surface area (TPSA) is 58.6 Å². The first-order valence-electron chi connectivity index (χ1n) is 4.86. The summed E-state index contributed by atoms with van der Waals surface area (Å²) in [6.07, 6.45) is 4.49. The molecule has 0 atom stereocenters. The maximum absolute atomic E-state index is 11.3. The van der Waals surface area contributed by atoms with Gasteiger partial charge in [-0.05, 0) is 25.8 Å². The molecule has 0 spiro atoms. The lowest BCUT2D eigenvalue weighted by atomic mass is 9.91. The molecule has 1 heterocycles. The van der Waals surface area contributed by atoms with E-state index in [1.807, 2.05) is 0 Å². The highest BCUT2D eigenvalue weighted by molar-refractivity contribution is 5.88. The van der Waals surface area contributed by atoms with Gasteiger partial charge in [-0.2, -0.15) is 0 Å². The minimum Gasteiger partial charge on any atom is -0.394 e. The molecule has 80 valence electrons. The minimum atomic E-state index is -0.477. The summed E-state index contributed by atoms with van der Waals surface area (Å²) in [5.41, 5.74) is -0.477. The molecule has 0 radical (unpaired) electrons. The molecule has 4 nitrogen and oxygen atoms in total. The van der Waals surface area contributed by atoms with Gasteiger partial charge < -0.3 is 15.2 Å². The summed E-state index contributed by atoms with van der Waals surface area (Å²) in [7, 11) is 0. The molecule has 1 saturated heterocycles. The van der Waals surface area contributed by atoms with Gasteiger partial charge in [0, 0.05) is 13.2 Å². The number of allylic oxidation sites excluding steroid dienone is 1. The van der Waals surface area contributed by atoms with Gasteiger partial charge in [0.2, 0.25) is 5.91 Å². The van der Waals surface area contributed by atoms with E-state index in [1.54, 1.807) is 13.0 Å². The molecule has 0 aromatic heterocycles. The highest BCUT2D eigenvalue weighted by atomic mass is 16.5. The van der Waals surface area contributed by atoms with Crippen LogP contribution >= 0.6 is 0 Å². The van der Waals surface area contributed by atoms with Crippen molar-refractivity contribution >= 4 is 5.91 Å². The van der Waals surface area contributed by atoms with Gasteiger partial charge in [-0.25, -0.2) is 0 Å². The maximum atomic E-state index is 11.3. The molecule has 14 heavy (non-hydrogen) atoms. The molecule has 1 amide bonds. The Labute approximate surface area is 83.9 Å². The van der Waals surface area contributed by atoms with Gasteiger partial charge in [0.25, 0.3) is 0 Å². The number of ether oxygens (including phenoxy) is 1. The van der Waals surface area contributed by atoms with Crippen molar-refractivity contribution in [2.75, 3.05) is 19.8 Å². The summed E-state index contributed by atoms with van der Waals surface area (Å²) >= 11 is 0. The minimum absolute atomic E-state index is 0.0281. The van der Waals surface area contributed by atoms with E-state index in [1.165, 1.54) is 6.08 Å². The molecule has 0 aliphatic carbocycles. The van der Waals surface area contributed by atoms with Crippen LogP contribution in [-0.4, -0.2) is 36.4 Å². The monoisotopic (exact) mass is 199 g/mol. The number of hydrogen-bond acceptors (Lipinski definition) is 3. The predicted molar refractivity (Wildman–Crippen MR) is 52.8 cm³/mol. The molecule has 0 aromatic rings. The van der Waals surface area contributed by atoms with Crippen molar-refractivity contribution in [1.82, 2.24) is 5.32 Å². The number of hydrogen-bond donors (Lipinski definition) is 2. The van der Waals surface area contributed by atoms with Crippen molar-refractivity contribution in [1.29, 1.82) is 0 Å². The molecule has 4 heteroatoms. The second kappa shape index (κ2) is 5.12. The first-order valence-corrected chi connectivity index (χ1v) is 4.86. The molecule has 2 N–H and O–H groups in total. The van der Waals surface area contributed by atoms with E-state index >= 15 is 0 Å². The molecular formula is C10H17NO3. The molecule has 0 bridgehead atoms. The van der Waals surface area contributed by atoms with Crippen LogP contribution in [0, 0.1) is 0 Å². The highest BCUT2D eigenvalue weighted by Crippen LogP contribution is 2.19. The number of rotatable bonds is 3. The van der Waals surface area contributed by atoms with Crippen molar-refractivity contribution in [3.63, 3.8) is 0 Å². The SMILES string of the molecule is C/C=C/C(=O)NC1(CO)CCOCC1. The van der Waals surface area contributed by atoms with Crippen LogP contribution in [0.4, 0.5) is 0 Å². The number of carbonyl (C=O) groups excluding carboxylic acids is 1. The Morgan fingerprint density at radius 1 is 1.57 bits per heavy atom. The number of nitrogens with one attached hydrogen (secondary N) is 1. The fourth-order valence-corrected chi connectivity index (χ4v) is 1.54. The Morgan fingerprint density at radius 2 is 2.21 bits per heavy atom. The van der Waals surface area contributed by atoms with Crippen LogP contribution in [0.5, 0.6) is 0 Å². The number of amides is 1. The fourth-order valence-electron chi connectivity index (χ4n) is 1.54. The van der Waals surface area contributed by atoms with Gasteiger partial charge in [0.15, 0.2) is 0 Å². The van der Waals surface area contributed by atoms with Crippen molar-refractivity contribution in [3.8, 4) is 0 Å². The summed E-state index contributed by atoms with van der Waals surface area (Å²) in [4.78, 5) is 11.3. The van der Waals surface area contributed by atoms with E-state index in [-0.39, 0.29) is 12.5 Å². The third-order valence-corrected chi connectivity index (χ3v) is 2.46. The third kappa shape index (κ3) is 2.82. The zero-order valence-corrected chi connectivity index (χ0v) is 8.45. The van der Waals surface area contributed by atoms with E-state index < -0.39 is 5.54 Å². The van der Waals surface area contributed by atoms with Crippen molar-refractivity contribution in [2.45, 2.75) is 25.3 Å². The van der Waals surface area contributed by atoms with Crippen LogP contribution in [0.15, 0.2) is 12.2 Å². The molecule has 0 aromatic carbocycles. The van der Waals surface area contributed by atoms with Gasteiger partial charge in [0.05, 0.1) is 12.1 Å². The van der Waals surface area contributed by atoms with Crippen LogP contribution in [0.3, 0.4) is 0 Å². The molecule has 0 unspecified atom stereocenters.